The predicted molar refractivity (Wildman–Crippen MR) is 140 cm³/mol. The highest BCUT2D eigenvalue weighted by Crippen LogP contribution is 2.31. The summed E-state index contributed by atoms with van der Waals surface area (Å²) in [6.07, 6.45) is 0.570. The van der Waals surface area contributed by atoms with Crippen LogP contribution >= 0.6 is 0 Å². The lowest BCUT2D eigenvalue weighted by Gasteiger charge is -2.30. The van der Waals surface area contributed by atoms with Gasteiger partial charge in [0.15, 0.2) is 17.5 Å². The molecular formula is C28H39F3N2O6. The van der Waals surface area contributed by atoms with Crippen molar-refractivity contribution in [2.45, 2.75) is 65.6 Å². The molecule has 1 aromatic rings. The topological polar surface area (TPSA) is 142 Å². The van der Waals surface area contributed by atoms with Crippen LogP contribution < -0.4 is 11.1 Å². The van der Waals surface area contributed by atoms with Crippen molar-refractivity contribution in [3.05, 3.63) is 52.4 Å². The summed E-state index contributed by atoms with van der Waals surface area (Å²) < 4.78 is 49.5. The third kappa shape index (κ3) is 8.55. The van der Waals surface area contributed by atoms with E-state index in [1.54, 1.807) is 26.8 Å². The summed E-state index contributed by atoms with van der Waals surface area (Å²) in [5.41, 5.74) is 4.92. The number of fused-ring (bicyclic) bond motifs is 2. The number of hydrogen-bond acceptors (Lipinski definition) is 6. The maximum atomic E-state index is 15.2. The molecule has 218 valence electrons. The number of rotatable bonds is 3. The van der Waals surface area contributed by atoms with Crippen LogP contribution in [0.15, 0.2) is 29.4 Å². The van der Waals surface area contributed by atoms with E-state index in [2.05, 4.69) is 5.32 Å². The number of hydrogen-bond donors (Lipinski definition) is 5. The first kappa shape index (κ1) is 32.3. The van der Waals surface area contributed by atoms with Crippen molar-refractivity contribution in [2.75, 3.05) is 18.5 Å². The first-order chi connectivity index (χ1) is 18.3. The first-order valence-corrected chi connectivity index (χ1v) is 13.0. The van der Waals surface area contributed by atoms with E-state index in [1.807, 2.05) is 0 Å². The molecule has 11 heteroatoms. The minimum absolute atomic E-state index is 0.147. The standard InChI is InChI=1S/C28H39F3N2O6/c1-14-8-19(13-35)25(36)16(3)10-17(4)26(39-28(32)38)18(12-34)7-5-6-15(2)27(37)33-22-11-21(29)23(30)20(9-14)24(22)31/h6,10-11,14,16,18-19,25-26,34-36H,5,7-9,12-13H2,1-4H3,(H2,32,38)(H,33,37)/b15-6+,17-10+/t14-,16-,18+,19+,25+,26-/m0/s1. The first-order valence-electron chi connectivity index (χ1n) is 13.0. The molecule has 1 aliphatic rings. The molecule has 2 bridgehead atoms. The van der Waals surface area contributed by atoms with Crippen LogP contribution in [0.25, 0.3) is 0 Å². The molecule has 8 nitrogen and oxygen atoms in total. The summed E-state index contributed by atoms with van der Waals surface area (Å²) in [6, 6.07) is 0.580. The summed E-state index contributed by atoms with van der Waals surface area (Å²) >= 11 is 0. The third-order valence-electron chi connectivity index (χ3n) is 7.24. The lowest BCUT2D eigenvalue weighted by atomic mass is 9.82. The van der Waals surface area contributed by atoms with Crippen molar-refractivity contribution < 1.29 is 42.8 Å². The molecule has 0 aliphatic carbocycles. The van der Waals surface area contributed by atoms with E-state index in [0.717, 1.165) is 0 Å². The summed E-state index contributed by atoms with van der Waals surface area (Å²) in [5, 5.41) is 33.3. The zero-order valence-electron chi connectivity index (χ0n) is 22.7. The Bertz CT molecular complexity index is 1090. The maximum Gasteiger partial charge on any atom is 0.405 e. The number of aliphatic hydroxyl groups is 3. The molecule has 2 amide bonds. The molecule has 6 N–H and O–H groups in total. The van der Waals surface area contributed by atoms with Crippen molar-refractivity contribution in [1.29, 1.82) is 0 Å². The molecule has 6 atom stereocenters. The minimum Gasteiger partial charge on any atom is -0.441 e. The Morgan fingerprint density at radius 1 is 1.13 bits per heavy atom. The van der Waals surface area contributed by atoms with E-state index in [9.17, 15) is 33.7 Å². The van der Waals surface area contributed by atoms with Gasteiger partial charge in [0.25, 0.3) is 5.91 Å². The fourth-order valence-electron chi connectivity index (χ4n) is 5.09. The summed E-state index contributed by atoms with van der Waals surface area (Å²) in [7, 11) is 0. The Morgan fingerprint density at radius 3 is 2.36 bits per heavy atom. The van der Waals surface area contributed by atoms with Crippen LogP contribution in [0.2, 0.25) is 0 Å². The highest BCUT2D eigenvalue weighted by Gasteiger charge is 2.30. The van der Waals surface area contributed by atoms with Crippen LogP contribution in [0.4, 0.5) is 23.7 Å². The zero-order valence-corrected chi connectivity index (χ0v) is 22.7. The van der Waals surface area contributed by atoms with E-state index in [4.69, 9.17) is 10.5 Å². The maximum absolute atomic E-state index is 15.2. The van der Waals surface area contributed by atoms with Gasteiger partial charge in [0.2, 0.25) is 0 Å². The van der Waals surface area contributed by atoms with E-state index in [-0.39, 0.29) is 37.9 Å². The molecule has 39 heavy (non-hydrogen) atoms. The number of nitrogens with one attached hydrogen (secondary N) is 1. The molecule has 0 radical (unpaired) electrons. The van der Waals surface area contributed by atoms with E-state index in [0.29, 0.717) is 11.6 Å². The van der Waals surface area contributed by atoms with E-state index >= 15 is 4.39 Å². The Hall–Kier alpha value is -2.89. The number of amides is 2. The smallest absolute Gasteiger partial charge is 0.405 e. The van der Waals surface area contributed by atoms with Crippen molar-refractivity contribution >= 4 is 17.7 Å². The zero-order chi connectivity index (χ0) is 29.4. The Kier molecular flexibility index (Phi) is 12.0. The van der Waals surface area contributed by atoms with Gasteiger partial charge in [-0.15, -0.1) is 0 Å². The van der Waals surface area contributed by atoms with Gasteiger partial charge < -0.3 is 31.1 Å². The third-order valence-corrected chi connectivity index (χ3v) is 7.24. The fraction of sp³-hybridized carbons (Fsp3) is 0.571. The summed E-state index contributed by atoms with van der Waals surface area (Å²) in [5.74, 6) is -6.84. The Balaban J connectivity index is 2.56. The molecule has 1 aliphatic heterocycles. The van der Waals surface area contributed by atoms with Crippen LogP contribution in [0.3, 0.4) is 0 Å². The number of halogens is 3. The van der Waals surface area contributed by atoms with Crippen LogP contribution in [-0.4, -0.2) is 52.7 Å². The van der Waals surface area contributed by atoms with Gasteiger partial charge in [0.1, 0.15) is 6.10 Å². The molecule has 2 rings (SSSR count). The van der Waals surface area contributed by atoms with Crippen LogP contribution in [0.5, 0.6) is 0 Å². The van der Waals surface area contributed by atoms with Crippen LogP contribution in [0, 0.1) is 41.1 Å². The van der Waals surface area contributed by atoms with Crippen LogP contribution in [0.1, 0.15) is 52.5 Å². The van der Waals surface area contributed by atoms with Gasteiger partial charge in [-0.25, -0.2) is 18.0 Å². The molecule has 1 heterocycles. The van der Waals surface area contributed by atoms with Gasteiger partial charge in [-0.05, 0) is 51.0 Å². The van der Waals surface area contributed by atoms with Crippen molar-refractivity contribution in [1.82, 2.24) is 0 Å². The number of ether oxygens (including phenoxy) is 1. The monoisotopic (exact) mass is 556 g/mol. The molecule has 0 saturated heterocycles. The van der Waals surface area contributed by atoms with Crippen molar-refractivity contribution in [2.24, 2.45) is 29.4 Å². The number of anilines is 1. The van der Waals surface area contributed by atoms with Gasteiger partial charge >= 0.3 is 6.09 Å². The second-order valence-corrected chi connectivity index (χ2v) is 10.5. The fourth-order valence-corrected chi connectivity index (χ4v) is 5.09. The largest absolute Gasteiger partial charge is 0.441 e. The van der Waals surface area contributed by atoms with E-state index < -0.39 is 83.2 Å². The van der Waals surface area contributed by atoms with Gasteiger partial charge in [0, 0.05) is 48.2 Å². The second kappa shape index (κ2) is 14.5. The SMILES string of the molecule is C/C1=C\CC[C@H](CO)[C@@H](OC(N)=O)/C(C)=C/[C@H](C)[C@@H](O)[C@@H](CO)C[C@H](C)Cc2c(F)c(F)cc(c2F)NC1=O. The Morgan fingerprint density at radius 2 is 1.77 bits per heavy atom. The molecule has 0 saturated carbocycles. The van der Waals surface area contributed by atoms with Crippen LogP contribution in [-0.2, 0) is 16.0 Å². The normalized spacial score (nSPS) is 30.5. The number of carbonyl (C=O) groups excluding carboxylic acids is 2. The highest BCUT2D eigenvalue weighted by molar-refractivity contribution is 6.03. The van der Waals surface area contributed by atoms with Crippen molar-refractivity contribution in [3.63, 3.8) is 0 Å². The summed E-state index contributed by atoms with van der Waals surface area (Å²) in [6.45, 7) is 5.68. The van der Waals surface area contributed by atoms with Gasteiger partial charge in [-0.1, -0.05) is 26.0 Å². The Labute approximate surface area is 226 Å². The molecule has 0 unspecified atom stereocenters. The average molecular weight is 557 g/mol. The minimum atomic E-state index is -1.36. The number of aliphatic hydroxyl groups excluding tert-OH is 3. The molecule has 0 aromatic heterocycles. The van der Waals surface area contributed by atoms with Gasteiger partial charge in [-0.3, -0.25) is 4.79 Å². The number of carbonyl (C=O) groups is 2. The molecule has 1 aromatic carbocycles. The second-order valence-electron chi connectivity index (χ2n) is 10.5. The lowest BCUT2D eigenvalue weighted by molar-refractivity contribution is -0.112. The summed E-state index contributed by atoms with van der Waals surface area (Å²) in [4.78, 5) is 24.3. The molecule has 0 fully saturated rings. The van der Waals surface area contributed by atoms with Gasteiger partial charge in [0.05, 0.1) is 11.8 Å². The quantitative estimate of drug-likeness (QED) is 0.282. The number of primary amides is 1. The number of nitrogens with two attached hydrogens (primary N) is 1. The number of allylic oxidation sites excluding steroid dienone is 1. The highest BCUT2D eigenvalue weighted by atomic mass is 19.2. The van der Waals surface area contributed by atoms with E-state index in [1.165, 1.54) is 13.0 Å². The predicted octanol–water partition coefficient (Wildman–Crippen LogP) is 3.98. The lowest BCUT2D eigenvalue weighted by Crippen LogP contribution is -2.34. The number of benzene rings is 1. The van der Waals surface area contributed by atoms with Gasteiger partial charge in [-0.2, -0.15) is 0 Å². The average Bonchev–Trinajstić information content (AvgIpc) is 2.88. The van der Waals surface area contributed by atoms with Crippen molar-refractivity contribution in [3.8, 4) is 0 Å². The molecular weight excluding hydrogens is 517 g/mol. The molecule has 0 spiro atoms.